The van der Waals surface area contributed by atoms with E-state index in [1.54, 1.807) is 0 Å². The van der Waals surface area contributed by atoms with Crippen molar-refractivity contribution in [2.75, 3.05) is 18.5 Å². The highest BCUT2D eigenvalue weighted by atomic mass is 19.4. The van der Waals surface area contributed by atoms with Crippen LogP contribution >= 0.6 is 0 Å². The number of halogens is 3. The van der Waals surface area contributed by atoms with E-state index in [0.29, 0.717) is 13.0 Å². The van der Waals surface area contributed by atoms with Crippen molar-refractivity contribution < 1.29 is 23.2 Å². The third-order valence-corrected chi connectivity index (χ3v) is 3.06. The van der Waals surface area contributed by atoms with Crippen LogP contribution in [0.2, 0.25) is 0 Å². The van der Waals surface area contributed by atoms with Crippen LogP contribution in [-0.2, 0) is 6.18 Å². The number of rotatable bonds is 6. The summed E-state index contributed by atoms with van der Waals surface area (Å²) >= 11 is 0. The van der Waals surface area contributed by atoms with Crippen LogP contribution in [0, 0.1) is 15.5 Å². The average molecular weight is 306 g/mol. The van der Waals surface area contributed by atoms with Gasteiger partial charge in [-0.25, -0.2) is 0 Å². The van der Waals surface area contributed by atoms with Crippen LogP contribution in [-0.4, -0.2) is 23.2 Å². The predicted molar refractivity (Wildman–Crippen MR) is 72.1 cm³/mol. The Balaban J connectivity index is 2.99. The summed E-state index contributed by atoms with van der Waals surface area (Å²) in [5.41, 5.74) is -2.41. The largest absolute Gasteiger partial charge is 0.423 e. The summed E-state index contributed by atoms with van der Waals surface area (Å²) in [6, 6.07) is 2.81. The summed E-state index contributed by atoms with van der Waals surface area (Å²) in [4.78, 5) is 9.59. The van der Waals surface area contributed by atoms with Crippen LogP contribution in [0.15, 0.2) is 18.2 Å². The minimum Gasteiger partial charge on any atom is -0.396 e. The van der Waals surface area contributed by atoms with Gasteiger partial charge in [-0.1, -0.05) is 13.8 Å². The van der Waals surface area contributed by atoms with Gasteiger partial charge in [-0.2, -0.15) is 13.2 Å². The molecule has 0 saturated carbocycles. The van der Waals surface area contributed by atoms with Gasteiger partial charge in [0.05, 0.1) is 4.92 Å². The van der Waals surface area contributed by atoms with Crippen molar-refractivity contribution in [3.05, 3.63) is 33.9 Å². The minimum atomic E-state index is -4.79. The Morgan fingerprint density at radius 1 is 1.33 bits per heavy atom. The van der Waals surface area contributed by atoms with Crippen LogP contribution in [0.1, 0.15) is 25.8 Å². The molecular formula is C13H17F3N2O3. The highest BCUT2D eigenvalue weighted by Crippen LogP contribution is 2.37. The molecule has 8 heteroatoms. The fourth-order valence-corrected chi connectivity index (χ4v) is 1.76. The lowest BCUT2D eigenvalue weighted by atomic mass is 9.89. The van der Waals surface area contributed by atoms with Crippen LogP contribution in [0.4, 0.5) is 24.5 Å². The maximum Gasteiger partial charge on any atom is 0.423 e. The van der Waals surface area contributed by atoms with Gasteiger partial charge in [-0.15, -0.1) is 0 Å². The van der Waals surface area contributed by atoms with Crippen molar-refractivity contribution in [2.45, 2.75) is 26.4 Å². The molecule has 1 aromatic carbocycles. The first-order valence-corrected chi connectivity index (χ1v) is 6.27. The molecule has 0 bridgehead atoms. The first kappa shape index (κ1) is 17.2. The van der Waals surface area contributed by atoms with Crippen molar-refractivity contribution in [3.63, 3.8) is 0 Å². The Hall–Kier alpha value is -1.83. The number of aliphatic hydroxyl groups is 1. The molecule has 0 fully saturated rings. The zero-order chi connectivity index (χ0) is 16.3. The molecule has 0 aliphatic heterocycles. The van der Waals surface area contributed by atoms with Crippen molar-refractivity contribution in [3.8, 4) is 0 Å². The Morgan fingerprint density at radius 3 is 2.43 bits per heavy atom. The molecular weight excluding hydrogens is 289 g/mol. The number of alkyl halides is 3. The smallest absolute Gasteiger partial charge is 0.396 e. The Bertz CT molecular complexity index is 516. The van der Waals surface area contributed by atoms with E-state index in [1.165, 1.54) is 6.07 Å². The second-order valence-corrected chi connectivity index (χ2v) is 5.48. The number of aliphatic hydroxyl groups excluding tert-OH is 1. The lowest BCUT2D eigenvalue weighted by molar-refractivity contribution is -0.388. The molecule has 0 heterocycles. The highest BCUT2D eigenvalue weighted by molar-refractivity contribution is 5.55. The average Bonchev–Trinajstić information content (AvgIpc) is 2.35. The normalized spacial score (nSPS) is 12.3. The van der Waals surface area contributed by atoms with Gasteiger partial charge < -0.3 is 10.4 Å². The third-order valence-electron chi connectivity index (χ3n) is 3.06. The number of nitro groups is 1. The van der Waals surface area contributed by atoms with Gasteiger partial charge in [-0.3, -0.25) is 10.1 Å². The molecule has 0 aromatic heterocycles. The first-order valence-electron chi connectivity index (χ1n) is 6.27. The van der Waals surface area contributed by atoms with Gasteiger partial charge in [0, 0.05) is 24.9 Å². The second-order valence-electron chi connectivity index (χ2n) is 5.48. The van der Waals surface area contributed by atoms with Crippen LogP contribution in [0.3, 0.4) is 0 Å². The Morgan fingerprint density at radius 2 is 1.95 bits per heavy atom. The zero-order valence-corrected chi connectivity index (χ0v) is 11.7. The number of hydrogen-bond acceptors (Lipinski definition) is 4. The van der Waals surface area contributed by atoms with E-state index in [4.69, 9.17) is 5.11 Å². The molecule has 1 rings (SSSR count). The molecule has 2 N–H and O–H groups in total. The van der Waals surface area contributed by atoms with E-state index in [0.717, 1.165) is 12.1 Å². The summed E-state index contributed by atoms with van der Waals surface area (Å²) < 4.78 is 38.5. The zero-order valence-electron chi connectivity index (χ0n) is 11.7. The van der Waals surface area contributed by atoms with E-state index >= 15 is 0 Å². The lowest BCUT2D eigenvalue weighted by Gasteiger charge is -2.24. The SMILES string of the molecule is CC(C)(CCO)CNc1ccc([N+](=O)[O-])c(C(F)(F)F)c1. The van der Waals surface area contributed by atoms with Gasteiger partial charge in [-0.05, 0) is 24.0 Å². The molecule has 0 aliphatic carbocycles. The van der Waals surface area contributed by atoms with Crippen LogP contribution in [0.5, 0.6) is 0 Å². The summed E-state index contributed by atoms with van der Waals surface area (Å²) in [6.07, 6.45) is -4.31. The summed E-state index contributed by atoms with van der Waals surface area (Å²) in [5.74, 6) is 0. The third kappa shape index (κ3) is 4.89. The van der Waals surface area contributed by atoms with Gasteiger partial charge in [0.25, 0.3) is 5.69 Å². The maximum absolute atomic E-state index is 12.8. The summed E-state index contributed by atoms with van der Waals surface area (Å²) in [5, 5.41) is 22.3. The number of nitrogens with one attached hydrogen (secondary N) is 1. The first-order chi connectivity index (χ1) is 9.57. The number of nitro benzene ring substituents is 1. The Kier molecular flexibility index (Phi) is 5.16. The van der Waals surface area contributed by atoms with Crippen molar-refractivity contribution in [1.82, 2.24) is 0 Å². The van der Waals surface area contributed by atoms with Crippen LogP contribution < -0.4 is 5.32 Å². The van der Waals surface area contributed by atoms with Crippen LogP contribution in [0.25, 0.3) is 0 Å². The quantitative estimate of drug-likeness (QED) is 0.623. The molecule has 5 nitrogen and oxygen atoms in total. The molecule has 0 saturated heterocycles. The van der Waals surface area contributed by atoms with Gasteiger partial charge in [0.1, 0.15) is 5.56 Å². The number of nitrogens with zero attached hydrogens (tertiary/aromatic N) is 1. The number of anilines is 1. The fourth-order valence-electron chi connectivity index (χ4n) is 1.76. The number of benzene rings is 1. The van der Waals surface area contributed by atoms with Crippen molar-refractivity contribution in [2.24, 2.45) is 5.41 Å². The monoisotopic (exact) mass is 306 g/mol. The number of hydrogen-bond donors (Lipinski definition) is 2. The molecule has 0 unspecified atom stereocenters. The van der Waals surface area contributed by atoms with Crippen molar-refractivity contribution >= 4 is 11.4 Å². The molecule has 118 valence electrons. The summed E-state index contributed by atoms with van der Waals surface area (Å²) in [6.45, 7) is 4.02. The van der Waals surface area contributed by atoms with E-state index in [1.807, 2.05) is 13.8 Å². The van der Waals surface area contributed by atoms with E-state index in [9.17, 15) is 23.3 Å². The van der Waals surface area contributed by atoms with E-state index < -0.39 is 22.4 Å². The maximum atomic E-state index is 12.8. The molecule has 0 spiro atoms. The molecule has 1 aromatic rings. The van der Waals surface area contributed by atoms with Gasteiger partial charge in [0.2, 0.25) is 0 Å². The van der Waals surface area contributed by atoms with Gasteiger partial charge >= 0.3 is 6.18 Å². The van der Waals surface area contributed by atoms with Crippen molar-refractivity contribution in [1.29, 1.82) is 0 Å². The molecule has 0 radical (unpaired) electrons. The van der Waals surface area contributed by atoms with E-state index in [-0.39, 0.29) is 17.7 Å². The minimum absolute atomic E-state index is 0.0251. The standard InChI is InChI=1S/C13H17F3N2O3/c1-12(2,5-6-19)8-17-9-3-4-11(18(20)21)10(7-9)13(14,15)16/h3-4,7,17,19H,5-6,8H2,1-2H3. The van der Waals surface area contributed by atoms with Gasteiger partial charge in [0.15, 0.2) is 0 Å². The molecule has 0 aliphatic rings. The fraction of sp³-hybridized carbons (Fsp3) is 0.538. The second kappa shape index (κ2) is 6.30. The topological polar surface area (TPSA) is 75.4 Å². The van der Waals surface area contributed by atoms with E-state index in [2.05, 4.69) is 5.32 Å². The lowest BCUT2D eigenvalue weighted by Crippen LogP contribution is -2.24. The highest BCUT2D eigenvalue weighted by Gasteiger charge is 2.38. The Labute approximate surface area is 119 Å². The molecule has 0 atom stereocenters. The molecule has 0 amide bonds. The summed E-state index contributed by atoms with van der Waals surface area (Å²) in [7, 11) is 0. The molecule has 21 heavy (non-hydrogen) atoms. The predicted octanol–water partition coefficient (Wildman–Crippen LogP) is 3.43.